The summed E-state index contributed by atoms with van der Waals surface area (Å²) in [7, 11) is 0. The van der Waals surface area contributed by atoms with Crippen LogP contribution in [-0.2, 0) is 0 Å². The minimum atomic E-state index is 1.25. The van der Waals surface area contributed by atoms with Crippen LogP contribution in [0.25, 0.3) is 153 Å². The zero-order chi connectivity index (χ0) is 52.9. The van der Waals surface area contributed by atoms with Crippen molar-refractivity contribution in [2.45, 2.75) is 0 Å². The second-order valence-electron chi connectivity index (χ2n) is 21.0. The molecule has 0 saturated carbocycles. The molecule has 0 fully saturated rings. The molecule has 0 aromatic heterocycles. The molecule has 16 aromatic rings. The molecule has 372 valence electrons. The number of hydrogen-bond donors (Lipinski definition) is 0. The molecular formula is C80H52. The van der Waals surface area contributed by atoms with E-state index in [1.54, 1.807) is 0 Å². The van der Waals surface area contributed by atoms with Crippen molar-refractivity contribution < 1.29 is 0 Å². The molecule has 0 unspecified atom stereocenters. The summed E-state index contributed by atoms with van der Waals surface area (Å²) >= 11 is 0. The number of fused-ring (bicyclic) bond motifs is 8. The molecule has 0 heteroatoms. The number of benzene rings is 16. The van der Waals surface area contributed by atoms with Crippen molar-refractivity contribution in [3.8, 4) is 66.8 Å². The molecule has 0 aliphatic carbocycles. The Kier molecular flexibility index (Phi) is 11.6. The van der Waals surface area contributed by atoms with Crippen LogP contribution in [0.4, 0.5) is 0 Å². The third-order valence-electron chi connectivity index (χ3n) is 16.6. The van der Waals surface area contributed by atoms with Gasteiger partial charge in [0.05, 0.1) is 0 Å². The summed E-state index contributed by atoms with van der Waals surface area (Å²) in [6, 6.07) is 115. The minimum Gasteiger partial charge on any atom is -0.0616 e. The van der Waals surface area contributed by atoms with Crippen LogP contribution < -0.4 is 0 Å². The lowest BCUT2D eigenvalue weighted by Crippen LogP contribution is -1.90. The molecule has 0 spiro atoms. The van der Waals surface area contributed by atoms with E-state index in [0.717, 1.165) is 0 Å². The van der Waals surface area contributed by atoms with E-state index in [1.807, 2.05) is 0 Å². The van der Waals surface area contributed by atoms with Crippen molar-refractivity contribution in [2.75, 3.05) is 0 Å². The molecule has 80 heavy (non-hydrogen) atoms. The Morgan fingerprint density at radius 3 is 0.637 bits per heavy atom. The fraction of sp³-hybridized carbons (Fsp3) is 0. The van der Waals surface area contributed by atoms with Crippen LogP contribution in [0.1, 0.15) is 0 Å². The van der Waals surface area contributed by atoms with Gasteiger partial charge in [0, 0.05) is 0 Å². The topological polar surface area (TPSA) is 0 Å². The van der Waals surface area contributed by atoms with Gasteiger partial charge in [-0.3, -0.25) is 0 Å². The lowest BCUT2D eigenvalue weighted by Gasteiger charge is -2.17. The summed E-state index contributed by atoms with van der Waals surface area (Å²) in [5.41, 5.74) is 15.2. The van der Waals surface area contributed by atoms with Crippen molar-refractivity contribution >= 4 is 86.2 Å². The first-order valence-corrected chi connectivity index (χ1v) is 27.7. The van der Waals surface area contributed by atoms with Gasteiger partial charge in [0.2, 0.25) is 0 Å². The molecule has 16 rings (SSSR count). The van der Waals surface area contributed by atoms with Crippen molar-refractivity contribution in [1.29, 1.82) is 0 Å². The zero-order valence-corrected chi connectivity index (χ0v) is 44.0. The Morgan fingerprint density at radius 1 is 0.113 bits per heavy atom. The van der Waals surface area contributed by atoms with Crippen LogP contribution in [0.15, 0.2) is 315 Å². The van der Waals surface area contributed by atoms with Gasteiger partial charge in [0.1, 0.15) is 0 Å². The van der Waals surface area contributed by atoms with E-state index in [1.165, 1.54) is 153 Å². The summed E-state index contributed by atoms with van der Waals surface area (Å²) in [5, 5.41) is 20.4. The highest BCUT2D eigenvalue weighted by molar-refractivity contribution is 6.16. The predicted molar refractivity (Wildman–Crippen MR) is 346 cm³/mol. The maximum absolute atomic E-state index is 2.32. The third-order valence-corrected chi connectivity index (χ3v) is 16.6. The number of rotatable bonds is 6. The Bertz CT molecular complexity index is 4740. The van der Waals surface area contributed by atoms with Crippen molar-refractivity contribution in [1.82, 2.24) is 0 Å². The van der Waals surface area contributed by atoms with Crippen molar-refractivity contribution in [3.63, 3.8) is 0 Å². The van der Waals surface area contributed by atoms with Gasteiger partial charge in [-0.05, 0) is 165 Å². The largest absolute Gasteiger partial charge is 0.0616 e. The normalized spacial score (nSPS) is 11.5. The average molecular weight is 1010 g/mol. The molecule has 0 amide bonds. The Hall–Kier alpha value is -10.4. The lowest BCUT2D eigenvalue weighted by molar-refractivity contribution is 1.64. The van der Waals surface area contributed by atoms with Crippen molar-refractivity contribution in [3.05, 3.63) is 315 Å². The fourth-order valence-electron chi connectivity index (χ4n) is 12.7. The molecule has 0 N–H and O–H groups in total. The molecule has 0 aliphatic rings. The predicted octanol–water partition coefficient (Wildman–Crippen LogP) is 22.6. The van der Waals surface area contributed by atoms with Gasteiger partial charge in [0.15, 0.2) is 0 Å². The van der Waals surface area contributed by atoms with Crippen LogP contribution >= 0.6 is 0 Å². The van der Waals surface area contributed by atoms with Gasteiger partial charge >= 0.3 is 0 Å². The average Bonchev–Trinajstić information content (AvgIpc) is 3.65. The maximum Gasteiger partial charge on any atom is -0.00987 e. The third kappa shape index (κ3) is 8.17. The quantitative estimate of drug-likeness (QED) is 0.156. The van der Waals surface area contributed by atoms with E-state index in [2.05, 4.69) is 315 Å². The second-order valence-corrected chi connectivity index (χ2v) is 21.0. The van der Waals surface area contributed by atoms with E-state index in [0.29, 0.717) is 0 Å². The molecule has 0 atom stereocenters. The van der Waals surface area contributed by atoms with E-state index in [9.17, 15) is 0 Å². The first kappa shape index (κ1) is 46.9. The van der Waals surface area contributed by atoms with Crippen LogP contribution in [0.2, 0.25) is 0 Å². The summed E-state index contributed by atoms with van der Waals surface area (Å²) in [6.45, 7) is 0. The first-order chi connectivity index (χ1) is 39.7. The molecular weight excluding hydrogens is 961 g/mol. The Balaban J connectivity index is 0.000000138. The summed E-state index contributed by atoms with van der Waals surface area (Å²) < 4.78 is 0. The zero-order valence-electron chi connectivity index (χ0n) is 44.0. The molecule has 0 bridgehead atoms. The fourth-order valence-corrected chi connectivity index (χ4v) is 12.7. The SMILES string of the molecule is c1ccc2c(-c3ccc(-c4ccc(-c5cccc6ccccc56)c5ccccc45)c4ccccc34)cccc2c1.c1ccc2cc(-c3ccc(-c4ccc(-c5ccc6ccccc6c5)c5ccccc45)c4ccccc34)ccc2c1. The highest BCUT2D eigenvalue weighted by Gasteiger charge is 2.18. The molecule has 0 radical (unpaired) electrons. The van der Waals surface area contributed by atoms with Crippen LogP contribution in [0, 0.1) is 0 Å². The maximum atomic E-state index is 2.32. The molecule has 0 heterocycles. The van der Waals surface area contributed by atoms with Gasteiger partial charge in [-0.15, -0.1) is 0 Å². The van der Waals surface area contributed by atoms with E-state index >= 15 is 0 Å². The van der Waals surface area contributed by atoms with Crippen LogP contribution in [0.5, 0.6) is 0 Å². The van der Waals surface area contributed by atoms with Crippen LogP contribution in [-0.4, -0.2) is 0 Å². The molecule has 16 aromatic carbocycles. The van der Waals surface area contributed by atoms with Gasteiger partial charge in [-0.2, -0.15) is 0 Å². The van der Waals surface area contributed by atoms with E-state index in [-0.39, 0.29) is 0 Å². The smallest absolute Gasteiger partial charge is 0.00987 e. The summed E-state index contributed by atoms with van der Waals surface area (Å²) in [4.78, 5) is 0. The highest BCUT2D eigenvalue weighted by atomic mass is 14.2. The van der Waals surface area contributed by atoms with Crippen molar-refractivity contribution in [2.24, 2.45) is 0 Å². The molecule has 0 nitrogen and oxygen atoms in total. The Morgan fingerprint density at radius 2 is 0.325 bits per heavy atom. The Labute approximate surface area is 465 Å². The second kappa shape index (κ2) is 19.9. The van der Waals surface area contributed by atoms with E-state index in [4.69, 9.17) is 0 Å². The minimum absolute atomic E-state index is 1.25. The van der Waals surface area contributed by atoms with E-state index < -0.39 is 0 Å². The number of hydrogen-bond acceptors (Lipinski definition) is 0. The first-order valence-electron chi connectivity index (χ1n) is 27.7. The van der Waals surface area contributed by atoms with Gasteiger partial charge in [-0.25, -0.2) is 0 Å². The van der Waals surface area contributed by atoms with Crippen LogP contribution in [0.3, 0.4) is 0 Å². The lowest BCUT2D eigenvalue weighted by atomic mass is 9.86. The van der Waals surface area contributed by atoms with Gasteiger partial charge in [0.25, 0.3) is 0 Å². The highest BCUT2D eigenvalue weighted by Crippen LogP contribution is 2.45. The van der Waals surface area contributed by atoms with Gasteiger partial charge < -0.3 is 0 Å². The standard InChI is InChI=1S/2C40H26/c1-3-15-29-27(11-1)13-9-21-31(29)37-23-25-39(35-19-7-5-17-33(35)37)40-26-24-38(34-18-6-8-20-36(34)40)32-22-10-14-28-12-2-4-16-30(28)32;1-3-11-29-25-31(19-17-27(29)9-1)33-21-23-39(37-15-7-5-13-35(33)37)40-24-22-34(36-14-6-8-16-38(36)40)32-20-18-28-10-2-4-12-30(28)26-32/h2*1-26H. The molecule has 0 aliphatic heterocycles. The summed E-state index contributed by atoms with van der Waals surface area (Å²) in [6.07, 6.45) is 0. The summed E-state index contributed by atoms with van der Waals surface area (Å²) in [5.74, 6) is 0. The van der Waals surface area contributed by atoms with Gasteiger partial charge in [-0.1, -0.05) is 303 Å². The monoisotopic (exact) mass is 1010 g/mol. The molecule has 0 saturated heterocycles.